The van der Waals surface area contributed by atoms with E-state index < -0.39 is 5.97 Å². The van der Waals surface area contributed by atoms with Crippen LogP contribution in [-0.2, 0) is 4.79 Å². The van der Waals surface area contributed by atoms with Crippen LogP contribution in [0.3, 0.4) is 0 Å². The molecule has 0 heterocycles. The summed E-state index contributed by atoms with van der Waals surface area (Å²) >= 11 is 0. The zero-order valence-electron chi connectivity index (χ0n) is 14.6. The van der Waals surface area contributed by atoms with Gasteiger partial charge < -0.3 is 19.3 Å². The average Bonchev–Trinajstić information content (AvgIpc) is 2.38. The van der Waals surface area contributed by atoms with Crippen molar-refractivity contribution in [2.24, 2.45) is 0 Å². The SMILES string of the molecule is CC(C)Oc1cc(C=CC(=O)O)cc(OC(C)C)c1OC(C)C. The maximum atomic E-state index is 10.7. The minimum Gasteiger partial charge on any atom is -0.487 e. The third-order valence-corrected chi connectivity index (χ3v) is 2.54. The summed E-state index contributed by atoms with van der Waals surface area (Å²) < 4.78 is 17.5. The van der Waals surface area contributed by atoms with Gasteiger partial charge in [-0.1, -0.05) is 0 Å². The molecule has 0 saturated heterocycles. The molecule has 5 heteroatoms. The molecule has 0 fully saturated rings. The van der Waals surface area contributed by atoms with Gasteiger partial charge in [-0.2, -0.15) is 0 Å². The number of benzene rings is 1. The summed E-state index contributed by atoms with van der Waals surface area (Å²) in [5.74, 6) is 0.605. The first-order valence-corrected chi connectivity index (χ1v) is 7.78. The number of carboxylic acids is 1. The van der Waals surface area contributed by atoms with Gasteiger partial charge in [-0.05, 0) is 65.3 Å². The molecule has 0 aliphatic rings. The van der Waals surface area contributed by atoms with E-state index in [9.17, 15) is 4.79 Å². The number of carboxylic acid groups (broad SMARTS) is 1. The van der Waals surface area contributed by atoms with Gasteiger partial charge in [0.15, 0.2) is 11.5 Å². The van der Waals surface area contributed by atoms with Crippen LogP contribution in [0.25, 0.3) is 6.08 Å². The Morgan fingerprint density at radius 1 is 0.913 bits per heavy atom. The lowest BCUT2D eigenvalue weighted by Crippen LogP contribution is -2.14. The van der Waals surface area contributed by atoms with Gasteiger partial charge in [-0.15, -0.1) is 0 Å². The molecule has 23 heavy (non-hydrogen) atoms. The molecule has 0 spiro atoms. The largest absolute Gasteiger partial charge is 0.487 e. The summed E-state index contributed by atoms with van der Waals surface area (Å²) in [6.45, 7) is 11.5. The molecule has 1 rings (SSSR count). The number of rotatable bonds is 8. The minimum absolute atomic E-state index is 0.0422. The first-order valence-electron chi connectivity index (χ1n) is 7.78. The predicted molar refractivity (Wildman–Crippen MR) is 90.4 cm³/mol. The Morgan fingerprint density at radius 3 is 1.70 bits per heavy atom. The van der Waals surface area contributed by atoms with Crippen LogP contribution < -0.4 is 14.2 Å². The molecular weight excluding hydrogens is 296 g/mol. The molecule has 1 N–H and O–H groups in total. The third kappa shape index (κ3) is 6.63. The predicted octanol–water partition coefficient (Wildman–Crippen LogP) is 4.15. The normalized spacial score (nSPS) is 11.5. The molecule has 0 aliphatic heterocycles. The van der Waals surface area contributed by atoms with Crippen molar-refractivity contribution in [2.75, 3.05) is 0 Å². The first kappa shape index (κ1) is 18.9. The van der Waals surface area contributed by atoms with Gasteiger partial charge in [-0.3, -0.25) is 0 Å². The molecule has 1 aromatic carbocycles. The average molecular weight is 322 g/mol. The van der Waals surface area contributed by atoms with Crippen molar-refractivity contribution in [3.63, 3.8) is 0 Å². The van der Waals surface area contributed by atoms with E-state index in [1.165, 1.54) is 6.08 Å². The molecule has 0 aromatic heterocycles. The van der Waals surface area contributed by atoms with Crippen molar-refractivity contribution < 1.29 is 24.1 Å². The number of hydrogen-bond donors (Lipinski definition) is 1. The summed E-state index contributed by atoms with van der Waals surface area (Å²) in [7, 11) is 0. The van der Waals surface area contributed by atoms with Gasteiger partial charge >= 0.3 is 5.97 Å². The Balaban J connectivity index is 3.39. The Morgan fingerprint density at radius 2 is 1.35 bits per heavy atom. The Labute approximate surface area is 137 Å². The molecule has 128 valence electrons. The Hall–Kier alpha value is -2.17. The van der Waals surface area contributed by atoms with Gasteiger partial charge in [0.05, 0.1) is 18.3 Å². The van der Waals surface area contributed by atoms with Gasteiger partial charge in [0.25, 0.3) is 0 Å². The number of carbonyl (C=O) groups is 1. The molecule has 0 unspecified atom stereocenters. The molecule has 0 atom stereocenters. The highest BCUT2D eigenvalue weighted by Crippen LogP contribution is 2.41. The highest BCUT2D eigenvalue weighted by atomic mass is 16.6. The summed E-state index contributed by atoms with van der Waals surface area (Å²) in [5.41, 5.74) is 0.676. The molecule has 0 aliphatic carbocycles. The second-order valence-electron chi connectivity index (χ2n) is 6.02. The van der Waals surface area contributed by atoms with E-state index >= 15 is 0 Å². The van der Waals surface area contributed by atoms with Crippen LogP contribution in [-0.4, -0.2) is 29.4 Å². The standard InChI is InChI=1S/C18H26O5/c1-11(2)21-15-9-14(7-8-17(19)20)10-16(22-12(3)4)18(15)23-13(5)6/h7-13H,1-6H3,(H,19,20). The van der Waals surface area contributed by atoms with Crippen LogP contribution in [0, 0.1) is 0 Å². The number of hydrogen-bond acceptors (Lipinski definition) is 4. The number of aliphatic carboxylic acids is 1. The minimum atomic E-state index is -1.01. The summed E-state index contributed by atoms with van der Waals surface area (Å²) in [6.07, 6.45) is 2.45. The van der Waals surface area contributed by atoms with Gasteiger partial charge in [0.1, 0.15) is 0 Å². The van der Waals surface area contributed by atoms with E-state index in [2.05, 4.69) is 0 Å². The van der Waals surface area contributed by atoms with E-state index in [4.69, 9.17) is 19.3 Å². The van der Waals surface area contributed by atoms with Crippen molar-refractivity contribution in [3.8, 4) is 17.2 Å². The number of ether oxygens (including phenoxy) is 3. The third-order valence-electron chi connectivity index (χ3n) is 2.54. The summed E-state index contributed by atoms with van der Waals surface area (Å²) in [6, 6.07) is 3.51. The lowest BCUT2D eigenvalue weighted by Gasteiger charge is -2.22. The van der Waals surface area contributed by atoms with Crippen LogP contribution in [0.2, 0.25) is 0 Å². The van der Waals surface area contributed by atoms with Crippen molar-refractivity contribution in [1.82, 2.24) is 0 Å². The van der Waals surface area contributed by atoms with E-state index in [1.54, 1.807) is 12.1 Å². The quantitative estimate of drug-likeness (QED) is 0.728. The topological polar surface area (TPSA) is 65.0 Å². The zero-order valence-corrected chi connectivity index (χ0v) is 14.6. The second-order valence-corrected chi connectivity index (χ2v) is 6.02. The molecule has 5 nitrogen and oxygen atoms in total. The fourth-order valence-electron chi connectivity index (χ4n) is 1.90. The van der Waals surface area contributed by atoms with Crippen LogP contribution in [0.5, 0.6) is 17.2 Å². The fourth-order valence-corrected chi connectivity index (χ4v) is 1.90. The molecule has 0 saturated carbocycles. The van der Waals surface area contributed by atoms with Gasteiger partial charge in [-0.25, -0.2) is 4.79 Å². The van der Waals surface area contributed by atoms with Crippen molar-refractivity contribution >= 4 is 12.0 Å². The monoisotopic (exact) mass is 322 g/mol. The van der Waals surface area contributed by atoms with E-state index in [0.29, 0.717) is 22.8 Å². The second kappa shape index (κ2) is 8.46. The van der Waals surface area contributed by atoms with Crippen molar-refractivity contribution in [1.29, 1.82) is 0 Å². The Kier molecular flexibility index (Phi) is 6.94. The van der Waals surface area contributed by atoms with Crippen LogP contribution in [0.15, 0.2) is 18.2 Å². The molecule has 0 amide bonds. The first-order chi connectivity index (χ1) is 10.7. The van der Waals surface area contributed by atoms with Gasteiger partial charge in [0.2, 0.25) is 5.75 Å². The molecular formula is C18H26O5. The maximum absolute atomic E-state index is 10.7. The summed E-state index contributed by atoms with van der Waals surface area (Å²) in [5, 5.41) is 8.80. The van der Waals surface area contributed by atoms with E-state index in [-0.39, 0.29) is 18.3 Å². The van der Waals surface area contributed by atoms with Crippen molar-refractivity contribution in [2.45, 2.75) is 59.9 Å². The lowest BCUT2D eigenvalue weighted by molar-refractivity contribution is -0.131. The zero-order chi connectivity index (χ0) is 17.6. The van der Waals surface area contributed by atoms with Gasteiger partial charge in [0, 0.05) is 6.08 Å². The fraction of sp³-hybridized carbons (Fsp3) is 0.500. The van der Waals surface area contributed by atoms with Crippen LogP contribution in [0.1, 0.15) is 47.1 Å². The van der Waals surface area contributed by atoms with E-state index in [0.717, 1.165) is 6.08 Å². The smallest absolute Gasteiger partial charge is 0.328 e. The maximum Gasteiger partial charge on any atom is 0.328 e. The van der Waals surface area contributed by atoms with Crippen LogP contribution in [0.4, 0.5) is 0 Å². The van der Waals surface area contributed by atoms with Crippen molar-refractivity contribution in [3.05, 3.63) is 23.8 Å². The highest BCUT2D eigenvalue weighted by Gasteiger charge is 2.18. The molecule has 0 radical (unpaired) electrons. The van der Waals surface area contributed by atoms with E-state index in [1.807, 2.05) is 41.5 Å². The Bertz CT molecular complexity index is 528. The molecule has 1 aromatic rings. The van der Waals surface area contributed by atoms with Crippen LogP contribution >= 0.6 is 0 Å². The molecule has 0 bridgehead atoms. The lowest BCUT2D eigenvalue weighted by atomic mass is 10.1. The highest BCUT2D eigenvalue weighted by molar-refractivity contribution is 5.85. The summed E-state index contributed by atoms with van der Waals surface area (Å²) in [4.78, 5) is 10.7.